The molecule has 0 rings (SSSR count). The van der Waals surface area contributed by atoms with Gasteiger partial charge < -0.3 is 9.84 Å². The van der Waals surface area contributed by atoms with Crippen molar-refractivity contribution in [2.75, 3.05) is 19.8 Å². The van der Waals surface area contributed by atoms with Crippen LogP contribution in [-0.2, 0) is 4.74 Å². The number of allylic oxidation sites excluding steroid dienone is 1. The Hall–Kier alpha value is -0.410. The summed E-state index contributed by atoms with van der Waals surface area (Å²) in [7, 11) is 0. The molecule has 0 fully saturated rings. The Morgan fingerprint density at radius 1 is 0.682 bits per heavy atom. The van der Waals surface area contributed by atoms with Crippen LogP contribution in [0, 0.1) is 0 Å². The molecule has 3 heteroatoms. The van der Waals surface area contributed by atoms with Gasteiger partial charge in [-0.25, -0.2) is 4.39 Å². The highest BCUT2D eigenvalue weighted by atomic mass is 19.1. The molecule has 132 valence electrons. The fraction of sp³-hybridized carbons (Fsp3) is 0.895. The van der Waals surface area contributed by atoms with Crippen molar-refractivity contribution >= 4 is 0 Å². The van der Waals surface area contributed by atoms with Gasteiger partial charge in [0, 0.05) is 19.8 Å². The van der Waals surface area contributed by atoms with E-state index in [0.717, 1.165) is 32.3 Å². The standard InChI is InChI=1S/C19H37FO2/c1-19(20)15-12-10-8-6-4-2-3-5-7-9-11-13-17-22-18-14-16-21/h21H,1-18H2. The molecule has 0 saturated carbocycles. The Balaban J connectivity index is 2.95. The summed E-state index contributed by atoms with van der Waals surface area (Å²) >= 11 is 0. The molecule has 0 heterocycles. The molecule has 0 unspecified atom stereocenters. The molecular weight excluding hydrogens is 279 g/mol. The maximum absolute atomic E-state index is 12.4. The number of aliphatic hydroxyl groups is 1. The van der Waals surface area contributed by atoms with Gasteiger partial charge in [0.25, 0.3) is 0 Å². The average molecular weight is 317 g/mol. The largest absolute Gasteiger partial charge is 0.396 e. The molecule has 2 nitrogen and oxygen atoms in total. The van der Waals surface area contributed by atoms with Crippen LogP contribution < -0.4 is 0 Å². The Labute approximate surface area is 137 Å². The maximum atomic E-state index is 12.4. The fourth-order valence-corrected chi connectivity index (χ4v) is 2.56. The summed E-state index contributed by atoms with van der Waals surface area (Å²) in [6.45, 7) is 5.05. The summed E-state index contributed by atoms with van der Waals surface area (Å²) in [5.41, 5.74) is 0. The van der Waals surface area contributed by atoms with Gasteiger partial charge in [-0.2, -0.15) is 0 Å². The van der Waals surface area contributed by atoms with Gasteiger partial charge in [0.05, 0.1) is 5.83 Å². The second-order valence-corrected chi connectivity index (χ2v) is 6.20. The molecule has 0 amide bonds. The second-order valence-electron chi connectivity index (χ2n) is 6.20. The van der Waals surface area contributed by atoms with Crippen molar-refractivity contribution in [2.45, 2.75) is 89.9 Å². The van der Waals surface area contributed by atoms with Crippen molar-refractivity contribution in [1.82, 2.24) is 0 Å². The van der Waals surface area contributed by atoms with Crippen LogP contribution in [0.2, 0.25) is 0 Å². The van der Waals surface area contributed by atoms with Crippen molar-refractivity contribution in [3.05, 3.63) is 12.4 Å². The highest BCUT2D eigenvalue weighted by Crippen LogP contribution is 2.13. The Morgan fingerprint density at radius 2 is 1.09 bits per heavy atom. The van der Waals surface area contributed by atoms with E-state index in [1.54, 1.807) is 0 Å². The molecule has 0 atom stereocenters. The Morgan fingerprint density at radius 3 is 1.55 bits per heavy atom. The van der Waals surface area contributed by atoms with E-state index in [-0.39, 0.29) is 12.4 Å². The zero-order valence-corrected chi connectivity index (χ0v) is 14.5. The topological polar surface area (TPSA) is 29.5 Å². The minimum atomic E-state index is -0.170. The summed E-state index contributed by atoms with van der Waals surface area (Å²) in [6, 6.07) is 0. The van der Waals surface area contributed by atoms with Crippen LogP contribution in [0.4, 0.5) is 4.39 Å². The van der Waals surface area contributed by atoms with Gasteiger partial charge in [0.15, 0.2) is 0 Å². The molecule has 0 bridgehead atoms. The average Bonchev–Trinajstić information content (AvgIpc) is 2.50. The first kappa shape index (κ1) is 21.6. The zero-order valence-electron chi connectivity index (χ0n) is 14.5. The Bertz CT molecular complexity index is 231. The predicted molar refractivity (Wildman–Crippen MR) is 92.8 cm³/mol. The van der Waals surface area contributed by atoms with Crippen molar-refractivity contribution in [3.8, 4) is 0 Å². The molecule has 1 N–H and O–H groups in total. The first-order valence-corrected chi connectivity index (χ1v) is 9.29. The van der Waals surface area contributed by atoms with Crippen LogP contribution in [0.15, 0.2) is 12.4 Å². The van der Waals surface area contributed by atoms with Gasteiger partial charge in [-0.3, -0.25) is 0 Å². The smallest absolute Gasteiger partial charge is 0.0928 e. The molecule has 0 aliphatic rings. The SMILES string of the molecule is C=C(F)CCCCCCCCCCCCCCOCCCO. The first-order valence-electron chi connectivity index (χ1n) is 9.29. The van der Waals surface area contributed by atoms with E-state index in [4.69, 9.17) is 9.84 Å². The van der Waals surface area contributed by atoms with E-state index in [1.165, 1.54) is 57.8 Å². The van der Waals surface area contributed by atoms with E-state index >= 15 is 0 Å². The van der Waals surface area contributed by atoms with Crippen molar-refractivity contribution in [1.29, 1.82) is 0 Å². The van der Waals surface area contributed by atoms with Crippen molar-refractivity contribution in [2.24, 2.45) is 0 Å². The van der Waals surface area contributed by atoms with Crippen LogP contribution in [0.3, 0.4) is 0 Å². The van der Waals surface area contributed by atoms with Gasteiger partial charge in [-0.15, -0.1) is 0 Å². The lowest BCUT2D eigenvalue weighted by Crippen LogP contribution is -1.98. The van der Waals surface area contributed by atoms with E-state index < -0.39 is 0 Å². The molecule has 0 saturated heterocycles. The lowest BCUT2D eigenvalue weighted by atomic mass is 10.0. The molecule has 0 aromatic carbocycles. The number of hydrogen-bond acceptors (Lipinski definition) is 2. The van der Waals surface area contributed by atoms with Crippen molar-refractivity contribution in [3.63, 3.8) is 0 Å². The quantitative estimate of drug-likeness (QED) is 0.317. The molecule has 0 aromatic rings. The first-order chi connectivity index (χ1) is 10.8. The van der Waals surface area contributed by atoms with Gasteiger partial charge in [-0.05, 0) is 25.7 Å². The molecule has 0 spiro atoms. The van der Waals surface area contributed by atoms with Gasteiger partial charge in [-0.1, -0.05) is 70.8 Å². The summed E-state index contributed by atoms with van der Waals surface area (Å²) in [6.07, 6.45) is 16.4. The third kappa shape index (κ3) is 19.6. The lowest BCUT2D eigenvalue weighted by molar-refractivity contribution is 0.112. The highest BCUT2D eigenvalue weighted by Gasteiger charge is 1.95. The van der Waals surface area contributed by atoms with Crippen LogP contribution in [-0.4, -0.2) is 24.9 Å². The Kier molecular flexibility index (Phi) is 18.3. The summed E-state index contributed by atoms with van der Waals surface area (Å²) in [5.74, 6) is -0.170. The number of unbranched alkanes of at least 4 members (excludes halogenated alkanes) is 11. The minimum Gasteiger partial charge on any atom is -0.396 e. The van der Waals surface area contributed by atoms with Gasteiger partial charge in [0.2, 0.25) is 0 Å². The summed E-state index contributed by atoms with van der Waals surface area (Å²) in [5, 5.41) is 8.60. The number of rotatable bonds is 18. The van der Waals surface area contributed by atoms with Crippen LogP contribution >= 0.6 is 0 Å². The monoisotopic (exact) mass is 316 g/mol. The van der Waals surface area contributed by atoms with Gasteiger partial charge in [0.1, 0.15) is 0 Å². The van der Waals surface area contributed by atoms with E-state index in [1.807, 2.05) is 0 Å². The normalized spacial score (nSPS) is 11.0. The molecule has 0 aliphatic heterocycles. The summed E-state index contributed by atoms with van der Waals surface area (Å²) in [4.78, 5) is 0. The number of halogens is 1. The molecule has 0 aliphatic carbocycles. The summed E-state index contributed by atoms with van der Waals surface area (Å²) < 4.78 is 17.8. The van der Waals surface area contributed by atoms with E-state index in [9.17, 15) is 4.39 Å². The van der Waals surface area contributed by atoms with Crippen LogP contribution in [0.1, 0.15) is 89.9 Å². The minimum absolute atomic E-state index is 0.170. The number of ether oxygens (including phenoxy) is 1. The fourth-order valence-electron chi connectivity index (χ4n) is 2.56. The predicted octanol–water partition coefficient (Wildman–Crippen LogP) is 5.94. The van der Waals surface area contributed by atoms with Crippen LogP contribution in [0.5, 0.6) is 0 Å². The zero-order chi connectivity index (χ0) is 16.3. The third-order valence-corrected chi connectivity index (χ3v) is 3.93. The highest BCUT2D eigenvalue weighted by molar-refractivity contribution is 4.78. The van der Waals surface area contributed by atoms with Crippen molar-refractivity contribution < 1.29 is 14.2 Å². The number of hydrogen-bond donors (Lipinski definition) is 1. The third-order valence-electron chi connectivity index (χ3n) is 3.93. The molecule has 0 aromatic heterocycles. The van der Waals surface area contributed by atoms with E-state index in [0.29, 0.717) is 13.0 Å². The van der Waals surface area contributed by atoms with Crippen LogP contribution in [0.25, 0.3) is 0 Å². The molecular formula is C19H37FO2. The van der Waals surface area contributed by atoms with Gasteiger partial charge >= 0.3 is 0 Å². The second kappa shape index (κ2) is 18.6. The molecule has 22 heavy (non-hydrogen) atoms. The maximum Gasteiger partial charge on any atom is 0.0928 e. The lowest BCUT2D eigenvalue weighted by Gasteiger charge is -2.04. The van der Waals surface area contributed by atoms with E-state index in [2.05, 4.69) is 6.58 Å². The molecule has 0 radical (unpaired) electrons. The number of aliphatic hydroxyl groups excluding tert-OH is 1.